The van der Waals surface area contributed by atoms with Gasteiger partial charge < -0.3 is 21.7 Å². The maximum Gasteiger partial charge on any atom is 0.322 e. The number of aromatic nitrogens is 2. The molecule has 1 aromatic heterocycles. The number of amides is 3. The molecule has 0 radical (unpaired) electrons. The lowest BCUT2D eigenvalue weighted by Crippen LogP contribution is -2.37. The lowest BCUT2D eigenvalue weighted by atomic mass is 10.1. The van der Waals surface area contributed by atoms with Crippen molar-refractivity contribution >= 4 is 35.2 Å². The van der Waals surface area contributed by atoms with Gasteiger partial charge in [-0.3, -0.25) is 9.69 Å². The summed E-state index contributed by atoms with van der Waals surface area (Å²) >= 11 is 0. The number of anilines is 4. The second-order valence-electron chi connectivity index (χ2n) is 6.84. The summed E-state index contributed by atoms with van der Waals surface area (Å²) in [6, 6.07) is 18.4. The van der Waals surface area contributed by atoms with E-state index in [9.17, 15) is 9.59 Å². The van der Waals surface area contributed by atoms with E-state index < -0.39 is 11.9 Å². The average Bonchev–Trinajstić information content (AvgIpc) is 2.78. The number of benzene rings is 2. The molecule has 0 fully saturated rings. The molecular weight excluding hydrogens is 394 g/mol. The molecule has 3 rings (SSSR count). The summed E-state index contributed by atoms with van der Waals surface area (Å²) < 4.78 is 0. The van der Waals surface area contributed by atoms with Crippen LogP contribution >= 0.6 is 0 Å². The normalized spacial score (nSPS) is 11.3. The first kappa shape index (κ1) is 21.6. The molecule has 1 heterocycles. The third kappa shape index (κ3) is 5.08. The number of nitrogens with zero attached hydrogens (tertiary/aromatic N) is 3. The molecule has 3 aromatic rings. The molecule has 0 aliphatic heterocycles. The van der Waals surface area contributed by atoms with E-state index in [0.29, 0.717) is 0 Å². The quantitative estimate of drug-likeness (QED) is 0.466. The highest BCUT2D eigenvalue weighted by Gasteiger charge is 2.25. The predicted octanol–water partition coefficient (Wildman–Crippen LogP) is 3.27. The van der Waals surface area contributed by atoms with Gasteiger partial charge in [0.15, 0.2) is 5.82 Å². The van der Waals surface area contributed by atoms with E-state index in [1.165, 1.54) is 19.0 Å². The average molecular weight is 419 g/mol. The van der Waals surface area contributed by atoms with Gasteiger partial charge in [-0.25, -0.2) is 4.79 Å². The Labute approximate surface area is 180 Å². The Morgan fingerprint density at radius 2 is 1.61 bits per heavy atom. The van der Waals surface area contributed by atoms with Crippen molar-refractivity contribution in [2.45, 2.75) is 13.0 Å². The van der Waals surface area contributed by atoms with E-state index >= 15 is 0 Å². The van der Waals surface area contributed by atoms with Crippen LogP contribution in [-0.2, 0) is 0 Å². The number of primary amides is 1. The maximum absolute atomic E-state index is 12.4. The Kier molecular flexibility index (Phi) is 6.66. The zero-order valence-electron chi connectivity index (χ0n) is 17.6. The van der Waals surface area contributed by atoms with Crippen molar-refractivity contribution in [1.29, 1.82) is 0 Å². The Balaban J connectivity index is 2.09. The number of para-hydroxylation sites is 1. The van der Waals surface area contributed by atoms with Gasteiger partial charge in [-0.15, -0.1) is 0 Å². The molecule has 160 valence electrons. The van der Waals surface area contributed by atoms with E-state index in [1.807, 2.05) is 67.6 Å². The topological polar surface area (TPSA) is 125 Å². The summed E-state index contributed by atoms with van der Waals surface area (Å²) in [5.74, 6) is -0.226. The van der Waals surface area contributed by atoms with Gasteiger partial charge in [0, 0.05) is 25.8 Å². The van der Waals surface area contributed by atoms with Crippen LogP contribution in [0.5, 0.6) is 0 Å². The van der Waals surface area contributed by atoms with Gasteiger partial charge in [0.2, 0.25) is 5.95 Å². The fraction of sp³-hybridized carbons (Fsp3) is 0.182. The monoisotopic (exact) mass is 419 g/mol. The van der Waals surface area contributed by atoms with Crippen LogP contribution in [0.1, 0.15) is 28.9 Å². The molecule has 0 saturated heterocycles. The van der Waals surface area contributed by atoms with Crippen molar-refractivity contribution in [1.82, 2.24) is 15.3 Å². The van der Waals surface area contributed by atoms with Gasteiger partial charge in [-0.2, -0.15) is 9.97 Å². The zero-order chi connectivity index (χ0) is 22.4. The molecule has 0 spiro atoms. The number of urea groups is 1. The molecule has 9 heteroatoms. The van der Waals surface area contributed by atoms with E-state index in [1.54, 1.807) is 0 Å². The van der Waals surface area contributed by atoms with Crippen LogP contribution in [0.3, 0.4) is 0 Å². The minimum Gasteiger partial charge on any atom is -0.365 e. The molecule has 0 aliphatic rings. The Bertz CT molecular complexity index is 1060. The highest BCUT2D eigenvalue weighted by atomic mass is 16.2. The van der Waals surface area contributed by atoms with E-state index in [4.69, 9.17) is 5.73 Å². The van der Waals surface area contributed by atoms with E-state index in [2.05, 4.69) is 25.9 Å². The minimum absolute atomic E-state index is 0.0208. The molecule has 3 amide bonds. The fourth-order valence-electron chi connectivity index (χ4n) is 3.02. The smallest absolute Gasteiger partial charge is 0.322 e. The number of hydrogen-bond acceptors (Lipinski definition) is 6. The Morgan fingerprint density at radius 3 is 2.19 bits per heavy atom. The van der Waals surface area contributed by atoms with Crippen molar-refractivity contribution < 1.29 is 9.59 Å². The van der Waals surface area contributed by atoms with Gasteiger partial charge in [-0.1, -0.05) is 48.5 Å². The number of carbonyl (C=O) groups excluding carboxylic acids is 2. The minimum atomic E-state index is -0.750. The third-order valence-corrected chi connectivity index (χ3v) is 4.66. The van der Waals surface area contributed by atoms with Gasteiger partial charge in [-0.05, 0) is 24.6 Å². The van der Waals surface area contributed by atoms with Crippen LogP contribution in [0.15, 0.2) is 60.7 Å². The SMILES string of the molecule is CNC(=O)N(C)c1nc(Nc2ccccc2)nc(NC(C)c2ccccc2)c1C(N)=O. The lowest BCUT2D eigenvalue weighted by Gasteiger charge is -2.23. The predicted molar refractivity (Wildman–Crippen MR) is 122 cm³/mol. The Morgan fingerprint density at radius 1 is 1.00 bits per heavy atom. The van der Waals surface area contributed by atoms with E-state index in [0.717, 1.165) is 11.3 Å². The van der Waals surface area contributed by atoms with Crippen LogP contribution in [-0.4, -0.2) is 36.0 Å². The second kappa shape index (κ2) is 9.57. The summed E-state index contributed by atoms with van der Waals surface area (Å²) in [5.41, 5.74) is 7.45. The highest BCUT2D eigenvalue weighted by Crippen LogP contribution is 2.29. The van der Waals surface area contributed by atoms with Crippen molar-refractivity contribution in [2.24, 2.45) is 5.73 Å². The second-order valence-corrected chi connectivity index (χ2v) is 6.84. The molecule has 1 atom stereocenters. The summed E-state index contributed by atoms with van der Waals surface area (Å²) in [4.78, 5) is 34.8. The fourth-order valence-corrected chi connectivity index (χ4v) is 3.02. The molecule has 9 nitrogen and oxygen atoms in total. The lowest BCUT2D eigenvalue weighted by molar-refractivity contribution is 0.100. The maximum atomic E-state index is 12.4. The summed E-state index contributed by atoms with van der Waals surface area (Å²) in [6.07, 6.45) is 0. The molecule has 0 aliphatic carbocycles. The van der Waals surface area contributed by atoms with E-state index in [-0.39, 0.29) is 29.2 Å². The molecule has 31 heavy (non-hydrogen) atoms. The van der Waals surface area contributed by atoms with Gasteiger partial charge in [0.25, 0.3) is 5.91 Å². The van der Waals surface area contributed by atoms with Gasteiger partial charge in [0.05, 0.1) is 0 Å². The van der Waals surface area contributed by atoms with Crippen molar-refractivity contribution in [3.8, 4) is 0 Å². The van der Waals surface area contributed by atoms with Crippen molar-refractivity contribution in [3.63, 3.8) is 0 Å². The first-order valence-corrected chi connectivity index (χ1v) is 9.71. The van der Waals surface area contributed by atoms with Crippen molar-refractivity contribution in [2.75, 3.05) is 29.6 Å². The largest absolute Gasteiger partial charge is 0.365 e. The number of carbonyl (C=O) groups is 2. The van der Waals surface area contributed by atoms with Crippen LogP contribution in [0.2, 0.25) is 0 Å². The zero-order valence-corrected chi connectivity index (χ0v) is 17.6. The number of hydrogen-bond donors (Lipinski definition) is 4. The van der Waals surface area contributed by atoms with Crippen LogP contribution in [0.25, 0.3) is 0 Å². The molecule has 2 aromatic carbocycles. The van der Waals surface area contributed by atoms with Gasteiger partial charge in [0.1, 0.15) is 11.4 Å². The number of nitrogens with one attached hydrogen (secondary N) is 3. The van der Waals surface area contributed by atoms with Crippen molar-refractivity contribution in [3.05, 3.63) is 71.8 Å². The van der Waals surface area contributed by atoms with Crippen LogP contribution < -0.4 is 26.6 Å². The summed E-state index contributed by atoms with van der Waals surface area (Å²) in [7, 11) is 2.99. The molecule has 0 saturated carbocycles. The molecule has 0 bridgehead atoms. The molecular formula is C22H25N7O2. The first-order chi connectivity index (χ1) is 14.9. The molecule has 1 unspecified atom stereocenters. The van der Waals surface area contributed by atoms with Crippen LogP contribution in [0.4, 0.5) is 28.1 Å². The number of nitrogens with two attached hydrogens (primary N) is 1. The standard InChI is InChI=1S/C22H25N7O2/c1-14(15-10-6-4-7-11-15)25-19-17(18(23)30)20(29(3)22(31)24-2)28-21(27-19)26-16-12-8-5-9-13-16/h4-14H,1-3H3,(H2,23,30)(H,24,31)(H2,25,26,27,28). The molecule has 5 N–H and O–H groups in total. The van der Waals surface area contributed by atoms with Gasteiger partial charge >= 0.3 is 6.03 Å². The number of rotatable bonds is 7. The third-order valence-electron chi connectivity index (χ3n) is 4.66. The highest BCUT2D eigenvalue weighted by molar-refractivity contribution is 6.06. The Hall–Kier alpha value is -4.14. The summed E-state index contributed by atoms with van der Waals surface area (Å²) in [6.45, 7) is 1.94. The first-order valence-electron chi connectivity index (χ1n) is 9.71. The van der Waals surface area contributed by atoms with Crippen LogP contribution in [0, 0.1) is 0 Å². The summed E-state index contributed by atoms with van der Waals surface area (Å²) in [5, 5.41) is 8.86.